The summed E-state index contributed by atoms with van der Waals surface area (Å²) in [6, 6.07) is 6.88. The van der Waals surface area contributed by atoms with Gasteiger partial charge in [0.1, 0.15) is 5.76 Å². The van der Waals surface area contributed by atoms with Gasteiger partial charge < -0.3 is 10.2 Å². The summed E-state index contributed by atoms with van der Waals surface area (Å²) in [5.41, 5.74) is 6.76. The molecule has 0 bridgehead atoms. The van der Waals surface area contributed by atoms with Crippen molar-refractivity contribution < 1.29 is 12.8 Å². The van der Waals surface area contributed by atoms with E-state index in [-0.39, 0.29) is 12.3 Å². The molecule has 2 aromatic rings. The molecule has 0 aliphatic rings. The molecule has 0 saturated carbocycles. The number of benzene rings is 1. The number of nitrogens with two attached hydrogens (primary N) is 1. The Kier molecular flexibility index (Phi) is 4.41. The maximum absolute atomic E-state index is 12.0. The van der Waals surface area contributed by atoms with Crippen LogP contribution in [0.5, 0.6) is 0 Å². The van der Waals surface area contributed by atoms with E-state index < -0.39 is 10.0 Å². The zero-order valence-corrected chi connectivity index (χ0v) is 12.0. The Bertz CT molecular complexity index is 680. The van der Waals surface area contributed by atoms with Crippen LogP contribution < -0.4 is 10.5 Å². The molecule has 0 fully saturated rings. The standard InChI is InChI=1S/C13H17N3O3S/c1-2-11-7-15-13(19-11)8-16-20(17,18)9-10-5-3-4-6-12(10)14/h3-7,16H,2,8-9,14H2,1H3. The molecule has 0 atom stereocenters. The Balaban J connectivity index is 1.99. The first kappa shape index (κ1) is 14.5. The van der Waals surface area contributed by atoms with Crippen molar-refractivity contribution in [3.8, 4) is 0 Å². The lowest BCUT2D eigenvalue weighted by atomic mass is 10.2. The van der Waals surface area contributed by atoms with Gasteiger partial charge in [-0.15, -0.1) is 0 Å². The van der Waals surface area contributed by atoms with Crippen LogP contribution in [0.4, 0.5) is 5.69 Å². The molecule has 20 heavy (non-hydrogen) atoms. The fourth-order valence-corrected chi connectivity index (χ4v) is 2.80. The van der Waals surface area contributed by atoms with E-state index in [0.717, 1.165) is 12.2 Å². The first-order valence-electron chi connectivity index (χ1n) is 6.24. The predicted octanol–water partition coefficient (Wildman–Crippen LogP) is 1.44. The molecule has 0 unspecified atom stereocenters. The normalized spacial score (nSPS) is 11.7. The van der Waals surface area contributed by atoms with Crippen molar-refractivity contribution in [3.05, 3.63) is 47.7 Å². The topological polar surface area (TPSA) is 98.2 Å². The Morgan fingerprint density at radius 3 is 2.75 bits per heavy atom. The number of sulfonamides is 1. The summed E-state index contributed by atoms with van der Waals surface area (Å²) < 4.78 is 31.7. The molecule has 0 saturated heterocycles. The van der Waals surface area contributed by atoms with Gasteiger partial charge in [0.2, 0.25) is 15.9 Å². The lowest BCUT2D eigenvalue weighted by Gasteiger charge is -2.07. The minimum atomic E-state index is -3.48. The van der Waals surface area contributed by atoms with Crippen molar-refractivity contribution in [2.75, 3.05) is 5.73 Å². The number of anilines is 1. The van der Waals surface area contributed by atoms with Crippen LogP contribution in [0.15, 0.2) is 34.9 Å². The number of hydrogen-bond donors (Lipinski definition) is 2. The molecule has 2 rings (SSSR count). The average Bonchev–Trinajstić information content (AvgIpc) is 2.87. The Morgan fingerprint density at radius 2 is 2.10 bits per heavy atom. The van der Waals surface area contributed by atoms with Gasteiger partial charge in [-0.1, -0.05) is 25.1 Å². The van der Waals surface area contributed by atoms with E-state index in [1.807, 2.05) is 6.92 Å². The Hall–Kier alpha value is -1.86. The first-order chi connectivity index (χ1) is 9.50. The number of rotatable bonds is 6. The van der Waals surface area contributed by atoms with E-state index in [1.54, 1.807) is 30.5 Å². The summed E-state index contributed by atoms with van der Waals surface area (Å²) in [4.78, 5) is 4.00. The summed E-state index contributed by atoms with van der Waals surface area (Å²) in [6.07, 6.45) is 2.32. The van der Waals surface area contributed by atoms with Gasteiger partial charge in [-0.2, -0.15) is 0 Å². The van der Waals surface area contributed by atoms with Crippen molar-refractivity contribution in [2.45, 2.75) is 25.6 Å². The van der Waals surface area contributed by atoms with E-state index in [2.05, 4.69) is 9.71 Å². The summed E-state index contributed by atoms with van der Waals surface area (Å²) >= 11 is 0. The third-order valence-corrected chi connectivity index (χ3v) is 4.07. The molecule has 0 amide bonds. The van der Waals surface area contributed by atoms with Crippen LogP contribution in [-0.4, -0.2) is 13.4 Å². The number of aromatic nitrogens is 1. The predicted molar refractivity (Wildman–Crippen MR) is 76.2 cm³/mol. The number of aryl methyl sites for hydroxylation is 1. The van der Waals surface area contributed by atoms with Crippen molar-refractivity contribution >= 4 is 15.7 Å². The van der Waals surface area contributed by atoms with Crippen LogP contribution in [0, 0.1) is 0 Å². The smallest absolute Gasteiger partial charge is 0.216 e. The SMILES string of the molecule is CCc1cnc(CNS(=O)(=O)Cc2ccccc2N)o1. The molecule has 7 heteroatoms. The fourth-order valence-electron chi connectivity index (χ4n) is 1.69. The highest BCUT2D eigenvalue weighted by Gasteiger charge is 2.14. The molecule has 3 N–H and O–H groups in total. The number of hydrogen-bond acceptors (Lipinski definition) is 5. The number of para-hydroxylation sites is 1. The van der Waals surface area contributed by atoms with Crippen molar-refractivity contribution in [1.29, 1.82) is 0 Å². The molecular weight excluding hydrogens is 278 g/mol. The molecule has 108 valence electrons. The molecule has 0 radical (unpaired) electrons. The lowest BCUT2D eigenvalue weighted by Crippen LogP contribution is -2.25. The minimum absolute atomic E-state index is 0.0368. The molecule has 1 heterocycles. The van der Waals surface area contributed by atoms with Crippen LogP contribution in [0.2, 0.25) is 0 Å². The lowest BCUT2D eigenvalue weighted by molar-refractivity contribution is 0.452. The highest BCUT2D eigenvalue weighted by Crippen LogP contribution is 2.14. The van der Waals surface area contributed by atoms with Gasteiger partial charge in [0.05, 0.1) is 18.5 Å². The molecule has 0 aliphatic carbocycles. The first-order valence-corrected chi connectivity index (χ1v) is 7.89. The van der Waals surface area contributed by atoms with E-state index >= 15 is 0 Å². The van der Waals surface area contributed by atoms with Gasteiger partial charge in [0.25, 0.3) is 0 Å². The second-order valence-electron chi connectivity index (χ2n) is 4.35. The summed E-state index contributed by atoms with van der Waals surface area (Å²) in [5, 5.41) is 0. The number of nitrogens with zero attached hydrogens (tertiary/aromatic N) is 1. The summed E-state index contributed by atoms with van der Waals surface area (Å²) in [5.74, 6) is 0.916. The van der Waals surface area contributed by atoms with Gasteiger partial charge in [0.15, 0.2) is 0 Å². The Labute approximate surface area is 118 Å². The van der Waals surface area contributed by atoms with E-state index in [0.29, 0.717) is 17.1 Å². The molecule has 0 aliphatic heterocycles. The van der Waals surface area contributed by atoms with E-state index in [9.17, 15) is 8.42 Å². The fraction of sp³-hybridized carbons (Fsp3) is 0.308. The van der Waals surface area contributed by atoms with Gasteiger partial charge in [-0.25, -0.2) is 18.1 Å². The number of nitrogen functional groups attached to an aromatic ring is 1. The van der Waals surface area contributed by atoms with Crippen LogP contribution in [0.25, 0.3) is 0 Å². The highest BCUT2D eigenvalue weighted by molar-refractivity contribution is 7.88. The van der Waals surface area contributed by atoms with Crippen molar-refractivity contribution in [2.24, 2.45) is 0 Å². The van der Waals surface area contributed by atoms with Gasteiger partial charge in [-0.3, -0.25) is 0 Å². The van der Waals surface area contributed by atoms with Crippen molar-refractivity contribution in [1.82, 2.24) is 9.71 Å². The maximum atomic E-state index is 12.0. The van der Waals surface area contributed by atoms with Crippen LogP contribution in [0.3, 0.4) is 0 Å². The highest BCUT2D eigenvalue weighted by atomic mass is 32.2. The monoisotopic (exact) mass is 295 g/mol. The zero-order chi connectivity index (χ0) is 14.6. The van der Waals surface area contributed by atoms with Gasteiger partial charge >= 0.3 is 0 Å². The molecule has 1 aromatic heterocycles. The van der Waals surface area contributed by atoms with Crippen LogP contribution >= 0.6 is 0 Å². The largest absolute Gasteiger partial charge is 0.444 e. The average molecular weight is 295 g/mol. The van der Waals surface area contributed by atoms with Crippen molar-refractivity contribution in [3.63, 3.8) is 0 Å². The van der Waals surface area contributed by atoms with E-state index in [1.165, 1.54) is 0 Å². The minimum Gasteiger partial charge on any atom is -0.444 e. The summed E-state index contributed by atoms with van der Waals surface area (Å²) in [7, 11) is -3.48. The van der Waals surface area contributed by atoms with Gasteiger partial charge in [-0.05, 0) is 11.6 Å². The van der Waals surface area contributed by atoms with Gasteiger partial charge in [0, 0.05) is 12.1 Å². The second-order valence-corrected chi connectivity index (χ2v) is 6.16. The van der Waals surface area contributed by atoms with Crippen LogP contribution in [0.1, 0.15) is 24.1 Å². The quantitative estimate of drug-likeness (QED) is 0.786. The molecular formula is C13H17N3O3S. The third kappa shape index (κ3) is 3.82. The third-order valence-electron chi connectivity index (χ3n) is 2.79. The molecule has 0 spiro atoms. The van der Waals surface area contributed by atoms with Crippen LogP contribution in [-0.2, 0) is 28.7 Å². The molecule has 1 aromatic carbocycles. The van der Waals surface area contributed by atoms with E-state index in [4.69, 9.17) is 10.2 Å². The second kappa shape index (κ2) is 6.06. The number of oxazole rings is 1. The number of nitrogens with one attached hydrogen (secondary N) is 1. The molecule has 6 nitrogen and oxygen atoms in total. The maximum Gasteiger partial charge on any atom is 0.216 e. The zero-order valence-electron chi connectivity index (χ0n) is 11.2. The summed E-state index contributed by atoms with van der Waals surface area (Å²) in [6.45, 7) is 1.97. The Morgan fingerprint density at radius 1 is 1.35 bits per heavy atom.